The molecule has 60 valence electrons. The van der Waals surface area contributed by atoms with Gasteiger partial charge in [-0.25, -0.2) is 8.42 Å². The Morgan fingerprint density at radius 2 is 2.10 bits per heavy atom. The third kappa shape index (κ3) is 1.16. The Labute approximate surface area is 60.3 Å². The monoisotopic (exact) mass is 165 g/mol. The fourth-order valence-corrected chi connectivity index (χ4v) is 1.86. The van der Waals surface area contributed by atoms with Gasteiger partial charge in [-0.1, -0.05) is 0 Å². The van der Waals surface area contributed by atoms with Crippen LogP contribution in [0.5, 0.6) is 0 Å². The van der Waals surface area contributed by atoms with E-state index in [-0.39, 0.29) is 0 Å². The van der Waals surface area contributed by atoms with Crippen LogP contribution in [0.4, 0.5) is 0 Å². The van der Waals surface area contributed by atoms with Gasteiger partial charge in [0.25, 0.3) is 0 Å². The molecule has 1 aliphatic rings. The number of aliphatic hydroxyl groups excluding tert-OH is 1. The summed E-state index contributed by atoms with van der Waals surface area (Å²) in [4.78, 5) is 0. The number of hydrogen-bond donors (Lipinski definition) is 2. The van der Waals surface area contributed by atoms with Crippen molar-refractivity contribution in [3.8, 4) is 0 Å². The summed E-state index contributed by atoms with van der Waals surface area (Å²) < 4.78 is 23.5. The Morgan fingerprint density at radius 3 is 2.40 bits per heavy atom. The summed E-state index contributed by atoms with van der Waals surface area (Å²) in [6.07, 6.45) is 1.39. The topological polar surface area (TPSA) is 66.4 Å². The van der Waals surface area contributed by atoms with Crippen LogP contribution in [0.2, 0.25) is 0 Å². The minimum absolute atomic E-state index is 0.502. The summed E-state index contributed by atoms with van der Waals surface area (Å²) in [5.74, 6) is 0. The molecule has 1 aliphatic carbocycles. The molecular formula is C5H11NO3S. The minimum Gasteiger partial charge on any atom is -0.380 e. The maximum absolute atomic E-state index is 11.0. The number of rotatable bonds is 3. The van der Waals surface area contributed by atoms with Gasteiger partial charge in [-0.15, -0.1) is 0 Å². The molecule has 0 spiro atoms. The lowest BCUT2D eigenvalue weighted by atomic mass is 10.5. The van der Waals surface area contributed by atoms with Crippen molar-refractivity contribution in [3.05, 3.63) is 0 Å². The van der Waals surface area contributed by atoms with E-state index in [1.165, 1.54) is 0 Å². The van der Waals surface area contributed by atoms with Gasteiger partial charge < -0.3 is 5.11 Å². The Bertz CT molecular complexity index is 217. The van der Waals surface area contributed by atoms with E-state index < -0.39 is 21.5 Å². The summed E-state index contributed by atoms with van der Waals surface area (Å²) in [5.41, 5.74) is 0. The minimum atomic E-state index is -3.24. The molecule has 0 radical (unpaired) electrons. The highest BCUT2D eigenvalue weighted by atomic mass is 32.2. The zero-order valence-electron chi connectivity index (χ0n) is 5.79. The summed E-state index contributed by atoms with van der Waals surface area (Å²) in [5, 5.41) is 8.30. The summed E-state index contributed by atoms with van der Waals surface area (Å²) in [6.45, 7) is 1.17. The van der Waals surface area contributed by atoms with Crippen molar-refractivity contribution in [1.82, 2.24) is 4.72 Å². The third-order valence-electron chi connectivity index (χ3n) is 1.86. The molecule has 0 aromatic carbocycles. The van der Waals surface area contributed by atoms with Crippen LogP contribution in [0, 0.1) is 0 Å². The summed E-state index contributed by atoms with van der Waals surface area (Å²) in [7, 11) is -3.24. The maximum Gasteiger partial charge on any atom is 0.218 e. The highest BCUT2D eigenvalue weighted by Gasteiger charge is 2.49. The number of hydrogen-bond acceptors (Lipinski definition) is 3. The van der Waals surface area contributed by atoms with Crippen molar-refractivity contribution in [1.29, 1.82) is 0 Å². The van der Waals surface area contributed by atoms with E-state index in [4.69, 9.17) is 5.11 Å². The highest BCUT2D eigenvalue weighted by molar-refractivity contribution is 7.91. The Hall–Kier alpha value is -0.130. The zero-order valence-corrected chi connectivity index (χ0v) is 6.61. The van der Waals surface area contributed by atoms with Gasteiger partial charge in [0.05, 0.1) is 4.75 Å². The predicted octanol–water partition coefficient (Wildman–Crippen LogP) is -0.592. The van der Waals surface area contributed by atoms with Crippen molar-refractivity contribution in [2.24, 2.45) is 0 Å². The average molecular weight is 165 g/mol. The molecule has 0 aromatic rings. The second-order valence-electron chi connectivity index (χ2n) is 2.76. The predicted molar refractivity (Wildman–Crippen MR) is 36.8 cm³/mol. The fourth-order valence-electron chi connectivity index (χ4n) is 0.704. The van der Waals surface area contributed by atoms with Crippen LogP contribution < -0.4 is 4.72 Å². The first kappa shape index (κ1) is 7.97. The second kappa shape index (κ2) is 2.18. The van der Waals surface area contributed by atoms with E-state index in [1.807, 2.05) is 0 Å². The van der Waals surface area contributed by atoms with E-state index >= 15 is 0 Å². The second-order valence-corrected chi connectivity index (χ2v) is 5.04. The largest absolute Gasteiger partial charge is 0.380 e. The molecule has 0 saturated heterocycles. The molecule has 4 nitrogen and oxygen atoms in total. The Morgan fingerprint density at radius 1 is 1.60 bits per heavy atom. The number of sulfonamides is 1. The molecule has 0 aromatic heterocycles. The average Bonchev–Trinajstić information content (AvgIpc) is 2.49. The van der Waals surface area contributed by atoms with Gasteiger partial charge in [0.1, 0.15) is 6.73 Å². The van der Waals surface area contributed by atoms with Gasteiger partial charge in [-0.3, -0.25) is 0 Å². The molecule has 0 heterocycles. The zero-order chi connectivity index (χ0) is 7.83. The van der Waals surface area contributed by atoms with Crippen LogP contribution in [0.3, 0.4) is 0 Å². The van der Waals surface area contributed by atoms with Crippen LogP contribution >= 0.6 is 0 Å². The molecule has 0 atom stereocenters. The molecule has 1 rings (SSSR count). The summed E-state index contributed by atoms with van der Waals surface area (Å²) >= 11 is 0. The molecule has 5 heteroatoms. The molecule has 2 N–H and O–H groups in total. The lowest BCUT2D eigenvalue weighted by Gasteiger charge is -2.08. The SMILES string of the molecule is CC1(S(=O)(=O)NCO)CC1. The first-order valence-corrected chi connectivity index (χ1v) is 4.60. The van der Waals surface area contributed by atoms with Crippen molar-refractivity contribution in [2.45, 2.75) is 24.5 Å². The van der Waals surface area contributed by atoms with E-state index in [0.29, 0.717) is 12.8 Å². The van der Waals surface area contributed by atoms with E-state index in [2.05, 4.69) is 4.72 Å². The van der Waals surface area contributed by atoms with Crippen molar-refractivity contribution in [3.63, 3.8) is 0 Å². The first-order chi connectivity index (χ1) is 4.52. The fraction of sp³-hybridized carbons (Fsp3) is 1.00. The molecule has 0 unspecified atom stereocenters. The highest BCUT2D eigenvalue weighted by Crippen LogP contribution is 2.41. The standard InChI is InChI=1S/C5H11NO3S/c1-5(2-3-5)10(8,9)6-4-7/h6-7H,2-4H2,1H3. The quantitative estimate of drug-likeness (QED) is 0.549. The van der Waals surface area contributed by atoms with Gasteiger partial charge in [0, 0.05) is 0 Å². The van der Waals surface area contributed by atoms with Gasteiger partial charge in [-0.05, 0) is 19.8 Å². The van der Waals surface area contributed by atoms with Gasteiger partial charge >= 0.3 is 0 Å². The van der Waals surface area contributed by atoms with Crippen LogP contribution in [-0.4, -0.2) is 25.0 Å². The summed E-state index contributed by atoms with van der Waals surface area (Å²) in [6, 6.07) is 0. The van der Waals surface area contributed by atoms with Gasteiger partial charge in [0.15, 0.2) is 0 Å². The third-order valence-corrected chi connectivity index (χ3v) is 4.07. The molecule has 1 saturated carbocycles. The normalized spacial score (nSPS) is 22.6. The number of aliphatic hydroxyl groups is 1. The van der Waals surface area contributed by atoms with Crippen molar-refractivity contribution in [2.75, 3.05) is 6.73 Å². The molecular weight excluding hydrogens is 154 g/mol. The molecule has 0 aliphatic heterocycles. The smallest absolute Gasteiger partial charge is 0.218 e. The van der Waals surface area contributed by atoms with Gasteiger partial charge in [-0.2, -0.15) is 4.72 Å². The lowest BCUT2D eigenvalue weighted by molar-refractivity contribution is 0.287. The van der Waals surface area contributed by atoms with E-state index in [1.54, 1.807) is 6.92 Å². The first-order valence-electron chi connectivity index (χ1n) is 3.12. The Kier molecular flexibility index (Phi) is 1.74. The molecule has 1 fully saturated rings. The maximum atomic E-state index is 11.0. The molecule has 0 bridgehead atoms. The van der Waals surface area contributed by atoms with Crippen LogP contribution in [0.15, 0.2) is 0 Å². The van der Waals surface area contributed by atoms with Crippen molar-refractivity contribution >= 4 is 10.0 Å². The van der Waals surface area contributed by atoms with Crippen LogP contribution in [0.25, 0.3) is 0 Å². The van der Waals surface area contributed by atoms with E-state index in [0.717, 1.165) is 0 Å². The number of nitrogens with one attached hydrogen (secondary N) is 1. The van der Waals surface area contributed by atoms with Crippen LogP contribution in [-0.2, 0) is 10.0 Å². The Balaban J connectivity index is 2.69. The van der Waals surface area contributed by atoms with Gasteiger partial charge in [0.2, 0.25) is 10.0 Å². The van der Waals surface area contributed by atoms with Crippen molar-refractivity contribution < 1.29 is 13.5 Å². The lowest BCUT2D eigenvalue weighted by Crippen LogP contribution is -2.34. The van der Waals surface area contributed by atoms with E-state index in [9.17, 15) is 8.42 Å². The molecule has 0 amide bonds. The van der Waals surface area contributed by atoms with Crippen LogP contribution in [0.1, 0.15) is 19.8 Å². The molecule has 10 heavy (non-hydrogen) atoms.